The van der Waals surface area contributed by atoms with Gasteiger partial charge >= 0.3 is 12.1 Å². The van der Waals surface area contributed by atoms with Crippen molar-refractivity contribution >= 4 is 5.97 Å². The lowest BCUT2D eigenvalue weighted by molar-refractivity contribution is -0.176. The molecule has 2 rings (SSSR count). The zero-order chi connectivity index (χ0) is 18.3. The second-order valence-corrected chi connectivity index (χ2v) is 4.82. The minimum Gasteiger partial charge on any atom is -0.497 e. The Hall–Kier alpha value is -2.62. The van der Waals surface area contributed by atoms with Crippen LogP contribution in [0.5, 0.6) is 5.75 Å². The molecule has 136 valence electrons. The van der Waals surface area contributed by atoms with Crippen LogP contribution in [0.25, 0.3) is 11.5 Å². The summed E-state index contributed by atoms with van der Waals surface area (Å²) in [5, 5.41) is 3.66. The van der Waals surface area contributed by atoms with Crippen molar-refractivity contribution in [2.24, 2.45) is 0 Å². The molecule has 7 nitrogen and oxygen atoms in total. The largest absolute Gasteiger partial charge is 0.497 e. The Balaban J connectivity index is 1.76. The van der Waals surface area contributed by atoms with Crippen LogP contribution < -0.4 is 4.74 Å². The molecule has 0 amide bonds. The summed E-state index contributed by atoms with van der Waals surface area (Å²) in [6.07, 6.45) is -4.73. The molecule has 0 spiro atoms. The number of rotatable bonds is 8. The number of carbonyl (C=O) groups excluding carboxylic acids is 1. The topological polar surface area (TPSA) is 83.7 Å². The van der Waals surface area contributed by atoms with Gasteiger partial charge in [-0.15, -0.1) is 0 Å². The summed E-state index contributed by atoms with van der Waals surface area (Å²) in [5.41, 5.74) is 0.659. The number of halogens is 3. The molecule has 10 heteroatoms. The number of hydrogen-bond donors (Lipinski definition) is 0. The lowest BCUT2D eigenvalue weighted by Gasteiger charge is -2.07. The lowest BCUT2D eigenvalue weighted by Crippen LogP contribution is -2.18. The van der Waals surface area contributed by atoms with Gasteiger partial charge in [0.1, 0.15) is 12.4 Å². The first-order valence-electron chi connectivity index (χ1n) is 7.14. The van der Waals surface area contributed by atoms with E-state index in [0.717, 1.165) is 0 Å². The fourth-order valence-electron chi connectivity index (χ4n) is 1.72. The molecule has 0 fully saturated rings. The van der Waals surface area contributed by atoms with Crippen LogP contribution in [0, 0.1) is 0 Å². The maximum Gasteiger partial charge on any atom is 0.411 e. The van der Waals surface area contributed by atoms with Crippen LogP contribution in [-0.4, -0.2) is 42.6 Å². The Kier molecular flexibility index (Phi) is 6.34. The summed E-state index contributed by atoms with van der Waals surface area (Å²) in [5.74, 6) is 0.320. The predicted molar refractivity (Wildman–Crippen MR) is 77.6 cm³/mol. The fraction of sp³-hybridized carbons (Fsp3) is 0.400. The highest BCUT2D eigenvalue weighted by Gasteiger charge is 2.27. The number of nitrogens with zero attached hydrogens (tertiary/aromatic N) is 2. The van der Waals surface area contributed by atoms with Gasteiger partial charge < -0.3 is 18.7 Å². The van der Waals surface area contributed by atoms with Gasteiger partial charge in [0.25, 0.3) is 5.89 Å². The van der Waals surface area contributed by atoms with Crippen molar-refractivity contribution in [3.63, 3.8) is 0 Å². The molecule has 0 N–H and O–H groups in total. The first-order chi connectivity index (χ1) is 11.9. The Morgan fingerprint density at radius 2 is 1.96 bits per heavy atom. The summed E-state index contributed by atoms with van der Waals surface area (Å²) in [4.78, 5) is 15.5. The maximum atomic E-state index is 11.9. The van der Waals surface area contributed by atoms with E-state index >= 15 is 0 Å². The molecule has 0 bridgehead atoms. The number of ether oxygens (including phenoxy) is 3. The zero-order valence-corrected chi connectivity index (χ0v) is 13.2. The van der Waals surface area contributed by atoms with Crippen LogP contribution in [-0.2, 0) is 20.9 Å². The van der Waals surface area contributed by atoms with Gasteiger partial charge in [0, 0.05) is 5.56 Å². The molecule has 0 aliphatic heterocycles. The molecule has 2 aromatic rings. The maximum absolute atomic E-state index is 11.9. The van der Waals surface area contributed by atoms with Gasteiger partial charge in [0.05, 0.1) is 20.1 Å². The monoisotopic (exact) mass is 360 g/mol. The molecule has 1 heterocycles. The quantitative estimate of drug-likeness (QED) is 0.529. The van der Waals surface area contributed by atoms with Crippen molar-refractivity contribution in [3.8, 4) is 17.2 Å². The minimum atomic E-state index is -4.42. The fourth-order valence-corrected chi connectivity index (χ4v) is 1.72. The molecule has 0 atom stereocenters. The predicted octanol–water partition coefficient (Wildman–Crippen LogP) is 2.76. The molecule has 0 saturated heterocycles. The highest BCUT2D eigenvalue weighted by Crippen LogP contribution is 2.20. The van der Waals surface area contributed by atoms with Gasteiger partial charge in [-0.2, -0.15) is 18.2 Å². The lowest BCUT2D eigenvalue weighted by atomic mass is 10.2. The Morgan fingerprint density at radius 1 is 1.24 bits per heavy atom. The summed E-state index contributed by atoms with van der Waals surface area (Å²) in [7, 11) is 1.54. The number of aromatic nitrogens is 2. The van der Waals surface area contributed by atoms with E-state index in [-0.39, 0.29) is 31.3 Å². The van der Waals surface area contributed by atoms with Crippen molar-refractivity contribution in [2.75, 3.05) is 20.3 Å². The van der Waals surface area contributed by atoms with E-state index in [4.69, 9.17) is 14.0 Å². The smallest absolute Gasteiger partial charge is 0.411 e. The average Bonchev–Trinajstić information content (AvgIpc) is 3.05. The summed E-state index contributed by atoms with van der Waals surface area (Å²) in [6.45, 7) is -2.05. The number of benzene rings is 1. The Labute approximate surface area is 140 Å². The third-order valence-electron chi connectivity index (χ3n) is 2.88. The molecular weight excluding hydrogens is 345 g/mol. The number of hydrogen-bond acceptors (Lipinski definition) is 7. The van der Waals surface area contributed by atoms with E-state index in [1.54, 1.807) is 31.4 Å². The first kappa shape index (κ1) is 18.7. The molecule has 0 aliphatic carbocycles. The second kappa shape index (κ2) is 8.47. The van der Waals surface area contributed by atoms with Gasteiger partial charge in [-0.25, -0.2) is 0 Å². The molecule has 0 radical (unpaired) electrons. The van der Waals surface area contributed by atoms with Crippen LogP contribution >= 0.6 is 0 Å². The van der Waals surface area contributed by atoms with E-state index < -0.39 is 18.8 Å². The van der Waals surface area contributed by atoms with Crippen LogP contribution in [0.1, 0.15) is 12.2 Å². The van der Waals surface area contributed by atoms with Gasteiger partial charge in [0.15, 0.2) is 6.61 Å². The van der Waals surface area contributed by atoms with Gasteiger partial charge in [-0.3, -0.25) is 4.79 Å². The third kappa shape index (κ3) is 6.42. The highest BCUT2D eigenvalue weighted by atomic mass is 19.4. The standard InChI is InChI=1S/C15H15F3N2O5/c1-22-11-4-2-10(3-5-11)14-19-12(20-25-14)8-24-13(21)6-7-23-9-15(16,17)18/h2-5H,6-9H2,1H3. The van der Waals surface area contributed by atoms with Crippen molar-refractivity contribution < 1.29 is 36.7 Å². The SMILES string of the molecule is COc1ccc(-c2nc(COC(=O)CCOCC(F)(F)F)no2)cc1. The van der Waals surface area contributed by atoms with Crippen LogP contribution in [0.4, 0.5) is 13.2 Å². The zero-order valence-electron chi connectivity index (χ0n) is 13.2. The van der Waals surface area contributed by atoms with E-state index in [1.807, 2.05) is 0 Å². The highest BCUT2D eigenvalue weighted by molar-refractivity contribution is 5.69. The van der Waals surface area contributed by atoms with E-state index in [9.17, 15) is 18.0 Å². The van der Waals surface area contributed by atoms with E-state index in [2.05, 4.69) is 14.9 Å². The number of methoxy groups -OCH3 is 1. The first-order valence-corrected chi connectivity index (χ1v) is 7.14. The van der Waals surface area contributed by atoms with E-state index in [0.29, 0.717) is 11.3 Å². The summed E-state index contributed by atoms with van der Waals surface area (Å²) in [6, 6.07) is 6.89. The van der Waals surface area contributed by atoms with Gasteiger partial charge in [-0.1, -0.05) is 5.16 Å². The number of alkyl halides is 3. The Bertz CT molecular complexity index is 685. The molecular formula is C15H15F3N2O5. The molecule has 0 saturated carbocycles. The molecule has 1 aromatic carbocycles. The number of esters is 1. The van der Waals surface area contributed by atoms with Crippen molar-refractivity contribution in [3.05, 3.63) is 30.1 Å². The summed E-state index contributed by atoms with van der Waals surface area (Å²) < 4.78 is 54.8. The number of carbonyl (C=O) groups is 1. The van der Waals surface area contributed by atoms with Crippen molar-refractivity contribution in [2.45, 2.75) is 19.2 Å². The van der Waals surface area contributed by atoms with Gasteiger partial charge in [0.2, 0.25) is 5.82 Å². The molecule has 0 unspecified atom stereocenters. The van der Waals surface area contributed by atoms with Crippen molar-refractivity contribution in [1.82, 2.24) is 10.1 Å². The normalized spacial score (nSPS) is 11.4. The molecule has 25 heavy (non-hydrogen) atoms. The Morgan fingerprint density at radius 3 is 2.60 bits per heavy atom. The second-order valence-electron chi connectivity index (χ2n) is 4.82. The molecule has 0 aliphatic rings. The van der Waals surface area contributed by atoms with Crippen LogP contribution in [0.15, 0.2) is 28.8 Å². The van der Waals surface area contributed by atoms with E-state index in [1.165, 1.54) is 0 Å². The van der Waals surface area contributed by atoms with Crippen molar-refractivity contribution in [1.29, 1.82) is 0 Å². The molecule has 1 aromatic heterocycles. The average molecular weight is 360 g/mol. The minimum absolute atomic E-state index is 0.135. The van der Waals surface area contributed by atoms with Crippen LogP contribution in [0.2, 0.25) is 0 Å². The summed E-state index contributed by atoms with van der Waals surface area (Å²) >= 11 is 0. The third-order valence-corrected chi connectivity index (χ3v) is 2.88. The van der Waals surface area contributed by atoms with Gasteiger partial charge in [-0.05, 0) is 24.3 Å². The van der Waals surface area contributed by atoms with Crippen LogP contribution in [0.3, 0.4) is 0 Å².